The van der Waals surface area contributed by atoms with Crippen molar-refractivity contribution in [2.45, 2.75) is 31.5 Å². The van der Waals surface area contributed by atoms with Gasteiger partial charge in [-0.2, -0.15) is 13.2 Å². The predicted molar refractivity (Wildman–Crippen MR) is 94.4 cm³/mol. The average molecular weight is 387 g/mol. The molecule has 1 aromatic carbocycles. The molecule has 1 aromatic rings. The van der Waals surface area contributed by atoms with Crippen molar-refractivity contribution >= 4 is 17.6 Å². The molecule has 1 aliphatic heterocycles. The zero-order valence-corrected chi connectivity index (χ0v) is 15.1. The number of nitrogens with one attached hydrogen (secondary N) is 1. The third-order valence-corrected chi connectivity index (χ3v) is 4.67. The van der Waals surface area contributed by atoms with Gasteiger partial charge in [0.2, 0.25) is 5.91 Å². The minimum atomic E-state index is -4.53. The maximum absolute atomic E-state index is 13.0. The number of likely N-dealkylation sites (tertiary alicyclic amines) is 1. The highest BCUT2D eigenvalue weighted by Crippen LogP contribution is 2.34. The Morgan fingerprint density at radius 3 is 2.63 bits per heavy atom. The van der Waals surface area contributed by atoms with Gasteiger partial charge in [-0.05, 0) is 45.0 Å². The summed E-state index contributed by atoms with van der Waals surface area (Å²) in [6, 6.07) is 5.01. The predicted octanol–water partition coefficient (Wildman–Crippen LogP) is 2.51. The molecular weight excluding hydrogens is 363 g/mol. The van der Waals surface area contributed by atoms with Gasteiger partial charge in [0, 0.05) is 12.6 Å². The maximum Gasteiger partial charge on any atom is 0.418 e. The van der Waals surface area contributed by atoms with Crippen molar-refractivity contribution in [1.82, 2.24) is 9.80 Å². The van der Waals surface area contributed by atoms with E-state index < -0.39 is 23.6 Å². The zero-order chi connectivity index (χ0) is 20.0. The van der Waals surface area contributed by atoms with Crippen molar-refractivity contribution in [2.75, 3.05) is 38.5 Å². The Morgan fingerprint density at radius 1 is 1.26 bits per heavy atom. The second-order valence-electron chi connectivity index (χ2n) is 6.76. The number of amides is 1. The molecule has 150 valence electrons. The molecule has 0 saturated carbocycles. The van der Waals surface area contributed by atoms with Crippen LogP contribution in [0.5, 0.6) is 0 Å². The number of hydrogen-bond acceptors (Lipinski definition) is 4. The van der Waals surface area contributed by atoms with Crippen LogP contribution in [0.15, 0.2) is 24.3 Å². The number of carboxylic acids is 1. The highest BCUT2D eigenvalue weighted by atomic mass is 19.4. The number of carbonyl (C=O) groups is 2. The molecule has 0 spiro atoms. The standard InChI is InChI=1S/C18H24F3N3O3/c1-23(12-17(26)27)13-5-4-9-24(10-8-13)11-16(25)22-15-7-3-2-6-14(15)18(19,20)21/h2-3,6-7,13H,4-5,8-12H2,1H3,(H,22,25)(H,26,27). The van der Waals surface area contributed by atoms with Crippen molar-refractivity contribution in [3.8, 4) is 0 Å². The highest BCUT2D eigenvalue weighted by Gasteiger charge is 2.33. The summed E-state index contributed by atoms with van der Waals surface area (Å²) in [5.41, 5.74) is -1.12. The van der Waals surface area contributed by atoms with Gasteiger partial charge in [-0.25, -0.2) is 0 Å². The van der Waals surface area contributed by atoms with Crippen molar-refractivity contribution in [1.29, 1.82) is 0 Å². The molecule has 27 heavy (non-hydrogen) atoms. The first-order valence-electron chi connectivity index (χ1n) is 8.77. The first kappa shape index (κ1) is 21.2. The first-order chi connectivity index (χ1) is 12.7. The van der Waals surface area contributed by atoms with E-state index in [0.717, 1.165) is 18.9 Å². The number of nitrogens with zero attached hydrogens (tertiary/aromatic N) is 2. The number of benzene rings is 1. The summed E-state index contributed by atoms with van der Waals surface area (Å²) >= 11 is 0. The van der Waals surface area contributed by atoms with Gasteiger partial charge in [0.1, 0.15) is 0 Å². The van der Waals surface area contributed by atoms with Crippen LogP contribution in [-0.2, 0) is 15.8 Å². The van der Waals surface area contributed by atoms with Gasteiger partial charge in [0.15, 0.2) is 0 Å². The van der Waals surface area contributed by atoms with E-state index in [0.29, 0.717) is 19.5 Å². The van der Waals surface area contributed by atoms with E-state index in [1.165, 1.54) is 18.2 Å². The zero-order valence-electron chi connectivity index (χ0n) is 15.1. The normalized spacial score (nSPS) is 18.9. The molecule has 1 atom stereocenters. The Kier molecular flexibility index (Phi) is 7.20. The number of alkyl halides is 3. The van der Waals surface area contributed by atoms with E-state index in [2.05, 4.69) is 5.32 Å². The van der Waals surface area contributed by atoms with E-state index >= 15 is 0 Å². The number of hydrogen-bond donors (Lipinski definition) is 2. The highest BCUT2D eigenvalue weighted by molar-refractivity contribution is 5.93. The van der Waals surface area contributed by atoms with E-state index in [-0.39, 0.29) is 24.8 Å². The minimum Gasteiger partial charge on any atom is -0.480 e. The lowest BCUT2D eigenvalue weighted by atomic mass is 10.1. The molecule has 9 heteroatoms. The van der Waals surface area contributed by atoms with Gasteiger partial charge in [0.25, 0.3) is 0 Å². The van der Waals surface area contributed by atoms with E-state index in [9.17, 15) is 22.8 Å². The molecule has 1 heterocycles. The molecule has 0 bridgehead atoms. The number of para-hydroxylation sites is 1. The van der Waals surface area contributed by atoms with Crippen LogP contribution in [0, 0.1) is 0 Å². The Bertz CT molecular complexity index is 667. The SMILES string of the molecule is CN(CC(=O)O)C1CCCN(CC(=O)Nc2ccccc2C(F)(F)F)CC1. The number of anilines is 1. The lowest BCUT2D eigenvalue weighted by Crippen LogP contribution is -2.37. The van der Waals surface area contributed by atoms with E-state index in [1.54, 1.807) is 11.9 Å². The Morgan fingerprint density at radius 2 is 1.96 bits per heavy atom. The molecule has 0 aliphatic carbocycles. The molecule has 1 fully saturated rings. The lowest BCUT2D eigenvalue weighted by molar-refractivity contribution is -0.139. The topological polar surface area (TPSA) is 72.9 Å². The molecule has 1 unspecified atom stereocenters. The molecule has 1 saturated heterocycles. The van der Waals surface area contributed by atoms with Gasteiger partial charge < -0.3 is 10.4 Å². The Labute approximate surface area is 155 Å². The molecule has 2 rings (SSSR count). The summed E-state index contributed by atoms with van der Waals surface area (Å²) in [4.78, 5) is 26.7. The quantitative estimate of drug-likeness (QED) is 0.785. The molecular formula is C18H24F3N3O3. The van der Waals surface area contributed by atoms with Gasteiger partial charge in [-0.1, -0.05) is 12.1 Å². The van der Waals surface area contributed by atoms with Crippen molar-refractivity contribution in [3.05, 3.63) is 29.8 Å². The number of carboxylic acid groups (broad SMARTS) is 1. The van der Waals surface area contributed by atoms with Gasteiger partial charge in [0.05, 0.1) is 24.3 Å². The molecule has 2 N–H and O–H groups in total. The summed E-state index contributed by atoms with van der Waals surface area (Å²) < 4.78 is 39.0. The summed E-state index contributed by atoms with van der Waals surface area (Å²) in [7, 11) is 1.76. The second kappa shape index (κ2) is 9.18. The van der Waals surface area contributed by atoms with Crippen LogP contribution in [0.3, 0.4) is 0 Å². The Balaban J connectivity index is 1.91. The van der Waals surface area contributed by atoms with Crippen LogP contribution in [0.25, 0.3) is 0 Å². The maximum atomic E-state index is 13.0. The fourth-order valence-electron chi connectivity index (χ4n) is 3.31. The molecule has 0 radical (unpaired) electrons. The minimum absolute atomic E-state index is 0.00154. The van der Waals surface area contributed by atoms with Crippen LogP contribution < -0.4 is 5.32 Å². The van der Waals surface area contributed by atoms with E-state index in [4.69, 9.17) is 5.11 Å². The number of likely N-dealkylation sites (N-methyl/N-ethyl adjacent to an activating group) is 1. The summed E-state index contributed by atoms with van der Waals surface area (Å²) in [6.07, 6.45) is -2.22. The number of rotatable bonds is 6. The Hall–Kier alpha value is -2.13. The summed E-state index contributed by atoms with van der Waals surface area (Å²) in [5.74, 6) is -1.38. The monoisotopic (exact) mass is 387 g/mol. The lowest BCUT2D eigenvalue weighted by Gasteiger charge is -2.25. The number of halogens is 3. The molecule has 0 aromatic heterocycles. The summed E-state index contributed by atoms with van der Waals surface area (Å²) in [6.45, 7) is 1.19. The summed E-state index contributed by atoms with van der Waals surface area (Å²) in [5, 5.41) is 11.2. The molecule has 6 nitrogen and oxygen atoms in total. The van der Waals surface area contributed by atoms with E-state index in [1.807, 2.05) is 4.90 Å². The van der Waals surface area contributed by atoms with Gasteiger partial charge in [-0.3, -0.25) is 19.4 Å². The van der Waals surface area contributed by atoms with Crippen molar-refractivity contribution in [3.63, 3.8) is 0 Å². The van der Waals surface area contributed by atoms with Crippen LogP contribution in [0.1, 0.15) is 24.8 Å². The van der Waals surface area contributed by atoms with Gasteiger partial charge in [-0.15, -0.1) is 0 Å². The van der Waals surface area contributed by atoms with Gasteiger partial charge >= 0.3 is 12.1 Å². The third kappa shape index (κ3) is 6.51. The smallest absolute Gasteiger partial charge is 0.418 e. The van der Waals surface area contributed by atoms with Crippen LogP contribution >= 0.6 is 0 Å². The molecule has 1 aliphatic rings. The van der Waals surface area contributed by atoms with Crippen LogP contribution in [0.4, 0.5) is 18.9 Å². The number of carbonyl (C=O) groups excluding carboxylic acids is 1. The largest absolute Gasteiger partial charge is 0.480 e. The molecule has 1 amide bonds. The first-order valence-corrected chi connectivity index (χ1v) is 8.77. The number of aliphatic carboxylic acids is 1. The van der Waals surface area contributed by atoms with Crippen molar-refractivity contribution < 1.29 is 27.9 Å². The fourth-order valence-corrected chi connectivity index (χ4v) is 3.31. The van der Waals surface area contributed by atoms with Crippen molar-refractivity contribution in [2.24, 2.45) is 0 Å². The second-order valence-corrected chi connectivity index (χ2v) is 6.76. The third-order valence-electron chi connectivity index (χ3n) is 4.67. The van der Waals surface area contributed by atoms with Crippen LogP contribution in [0.2, 0.25) is 0 Å². The average Bonchev–Trinajstić information content (AvgIpc) is 2.79. The fraction of sp³-hybridized carbons (Fsp3) is 0.556. The van der Waals surface area contributed by atoms with Crippen LogP contribution in [-0.4, -0.2) is 66.1 Å².